The first-order valence-corrected chi connectivity index (χ1v) is 13.8. The lowest BCUT2D eigenvalue weighted by Crippen LogP contribution is -2.59. The van der Waals surface area contributed by atoms with Gasteiger partial charge in [-0.05, 0) is 68.7 Å². The van der Waals surface area contributed by atoms with Crippen molar-refractivity contribution in [1.82, 2.24) is 5.32 Å². The number of aryl methyl sites for hydroxylation is 2. The van der Waals surface area contributed by atoms with Gasteiger partial charge in [0.25, 0.3) is 0 Å². The molecule has 4 rings (SSSR count). The topological polar surface area (TPSA) is 154 Å². The van der Waals surface area contributed by atoms with E-state index in [2.05, 4.69) is 11.4 Å². The van der Waals surface area contributed by atoms with Crippen molar-refractivity contribution in [2.75, 3.05) is 14.2 Å². The third-order valence-electron chi connectivity index (χ3n) is 7.05. The molecule has 0 aliphatic heterocycles. The molecule has 2 aromatic rings. The Bertz CT molecular complexity index is 1340. The minimum atomic E-state index is -5.08. The van der Waals surface area contributed by atoms with Crippen molar-refractivity contribution in [2.45, 2.75) is 82.2 Å². The van der Waals surface area contributed by atoms with E-state index in [1.54, 1.807) is 20.8 Å². The lowest BCUT2D eigenvalue weighted by molar-refractivity contribution is -0.192. The highest BCUT2D eigenvalue weighted by molar-refractivity contribution is 5.86. The van der Waals surface area contributed by atoms with Crippen molar-refractivity contribution in [1.29, 1.82) is 0 Å². The maximum Gasteiger partial charge on any atom is 0.490 e. The molecule has 0 saturated heterocycles. The van der Waals surface area contributed by atoms with Crippen LogP contribution >= 0.6 is 0 Å². The highest BCUT2D eigenvalue weighted by atomic mass is 19.4. The van der Waals surface area contributed by atoms with Gasteiger partial charge in [-0.2, -0.15) is 13.2 Å². The van der Waals surface area contributed by atoms with Gasteiger partial charge in [0.2, 0.25) is 0 Å². The summed E-state index contributed by atoms with van der Waals surface area (Å²) in [6.45, 7) is 5.36. The lowest BCUT2D eigenvalue weighted by atomic mass is 9.78. The quantitative estimate of drug-likeness (QED) is 0.335. The zero-order chi connectivity index (χ0) is 33.3. The van der Waals surface area contributed by atoms with Crippen molar-refractivity contribution < 1.29 is 51.7 Å². The zero-order valence-corrected chi connectivity index (χ0v) is 25.4. The lowest BCUT2D eigenvalue weighted by Gasteiger charge is -2.36. The molecule has 13 heteroatoms. The predicted molar refractivity (Wildman–Crippen MR) is 154 cm³/mol. The third-order valence-corrected chi connectivity index (χ3v) is 7.05. The Morgan fingerprint density at radius 1 is 0.795 bits per heavy atom. The summed E-state index contributed by atoms with van der Waals surface area (Å²) in [6, 6.07) is 16.0. The molecule has 1 amide bonds. The molecule has 2 aliphatic carbocycles. The maximum absolute atomic E-state index is 12.3. The van der Waals surface area contributed by atoms with Crippen LogP contribution in [0.3, 0.4) is 0 Å². The summed E-state index contributed by atoms with van der Waals surface area (Å²) in [5.41, 5.74) is 8.25. The van der Waals surface area contributed by atoms with Crippen molar-refractivity contribution in [3.05, 3.63) is 70.8 Å². The number of alkyl carbamates (subject to hydrolysis) is 1. The van der Waals surface area contributed by atoms with Gasteiger partial charge in [0.05, 0.1) is 14.2 Å². The van der Waals surface area contributed by atoms with E-state index in [1.165, 1.54) is 25.3 Å². The molecule has 0 bridgehead atoms. The first-order valence-electron chi connectivity index (χ1n) is 13.8. The number of halogens is 3. The molecule has 2 aromatic carbocycles. The summed E-state index contributed by atoms with van der Waals surface area (Å²) >= 11 is 0. The van der Waals surface area contributed by atoms with Gasteiger partial charge in [-0.15, -0.1) is 0 Å². The number of ether oxygens (including phenoxy) is 3. The molecule has 0 fully saturated rings. The standard InChI is InChI=1S/C17H23NO4.C12H15NO2.C2HF3O2/c1-16(2,3)22-15(20)18-17(14(19)21-4)10-9-12-7-5-6-8-13(12)11-17;1-15-11(14)12(13)7-6-9-4-2-3-5-10(9)8-12;3-2(4,5)1(6)7/h5-8H,9-11H2,1-4H3,(H,18,20);2-5H,6-8,13H2,1H3;(H,6,7). The van der Waals surface area contributed by atoms with E-state index < -0.39 is 40.9 Å². The molecule has 0 radical (unpaired) electrons. The smallest absolute Gasteiger partial charge is 0.475 e. The van der Waals surface area contributed by atoms with Gasteiger partial charge in [-0.3, -0.25) is 4.79 Å². The van der Waals surface area contributed by atoms with Gasteiger partial charge in [0.1, 0.15) is 16.7 Å². The Hall–Kier alpha value is -4.13. The van der Waals surface area contributed by atoms with Crippen LogP contribution in [0.4, 0.5) is 18.0 Å². The minimum Gasteiger partial charge on any atom is -0.475 e. The summed E-state index contributed by atoms with van der Waals surface area (Å²) in [6.07, 6.45) is -1.97. The van der Waals surface area contributed by atoms with Crippen molar-refractivity contribution >= 4 is 24.0 Å². The number of nitrogens with one attached hydrogen (secondary N) is 1. The fourth-order valence-corrected chi connectivity index (χ4v) is 4.90. The molecule has 4 N–H and O–H groups in total. The molecular formula is C31H39F3N2O8. The fraction of sp³-hybridized carbons (Fsp3) is 0.484. The molecule has 0 aromatic heterocycles. The fourth-order valence-electron chi connectivity index (χ4n) is 4.90. The number of aliphatic carboxylic acids is 1. The molecule has 0 heterocycles. The number of rotatable bonds is 3. The summed E-state index contributed by atoms with van der Waals surface area (Å²) in [7, 11) is 2.72. The molecule has 242 valence electrons. The van der Waals surface area contributed by atoms with Crippen LogP contribution in [0.15, 0.2) is 48.5 Å². The van der Waals surface area contributed by atoms with E-state index >= 15 is 0 Å². The number of carboxylic acid groups (broad SMARTS) is 1. The highest BCUT2D eigenvalue weighted by Gasteiger charge is 2.45. The van der Waals surface area contributed by atoms with E-state index in [-0.39, 0.29) is 5.97 Å². The van der Waals surface area contributed by atoms with Crippen LogP contribution in [0.2, 0.25) is 0 Å². The third kappa shape index (κ3) is 9.97. The number of hydrogen-bond donors (Lipinski definition) is 3. The summed E-state index contributed by atoms with van der Waals surface area (Å²) in [4.78, 5) is 44.9. The van der Waals surface area contributed by atoms with Gasteiger partial charge >= 0.3 is 30.2 Å². The number of nitrogens with two attached hydrogens (primary N) is 1. The highest BCUT2D eigenvalue weighted by Crippen LogP contribution is 2.30. The second kappa shape index (κ2) is 14.6. The predicted octanol–water partition coefficient (Wildman–Crippen LogP) is 4.29. The summed E-state index contributed by atoms with van der Waals surface area (Å²) < 4.78 is 46.7. The van der Waals surface area contributed by atoms with Gasteiger partial charge in [0.15, 0.2) is 0 Å². The second-order valence-electron chi connectivity index (χ2n) is 11.5. The Morgan fingerprint density at radius 3 is 1.66 bits per heavy atom. The van der Waals surface area contributed by atoms with Crippen molar-refractivity contribution in [3.8, 4) is 0 Å². The second-order valence-corrected chi connectivity index (χ2v) is 11.5. The summed E-state index contributed by atoms with van der Waals surface area (Å²) in [5, 5.41) is 9.87. The average Bonchev–Trinajstić information content (AvgIpc) is 2.95. The number of fused-ring (bicyclic) bond motifs is 2. The summed E-state index contributed by atoms with van der Waals surface area (Å²) in [5.74, 6) is -3.50. The van der Waals surface area contributed by atoms with Crippen LogP contribution in [-0.2, 0) is 54.3 Å². The Labute approximate surface area is 254 Å². The molecule has 2 unspecified atom stereocenters. The molecular weight excluding hydrogens is 585 g/mol. The molecule has 2 aliphatic rings. The van der Waals surface area contributed by atoms with E-state index in [4.69, 9.17) is 29.8 Å². The Balaban J connectivity index is 0.000000264. The van der Waals surface area contributed by atoms with E-state index in [1.807, 2.05) is 42.5 Å². The van der Waals surface area contributed by atoms with Crippen LogP contribution in [-0.4, -0.2) is 66.2 Å². The number of methoxy groups -OCH3 is 2. The van der Waals surface area contributed by atoms with Crippen LogP contribution in [0.5, 0.6) is 0 Å². The van der Waals surface area contributed by atoms with Gasteiger partial charge in [-0.25, -0.2) is 14.4 Å². The van der Waals surface area contributed by atoms with Gasteiger partial charge in [-0.1, -0.05) is 48.5 Å². The number of amides is 1. The minimum absolute atomic E-state index is 0.308. The number of esters is 2. The average molecular weight is 625 g/mol. The van der Waals surface area contributed by atoms with E-state index in [9.17, 15) is 27.6 Å². The maximum atomic E-state index is 12.3. The van der Waals surface area contributed by atoms with Gasteiger partial charge in [0, 0.05) is 12.8 Å². The van der Waals surface area contributed by atoms with Crippen molar-refractivity contribution in [2.24, 2.45) is 5.73 Å². The van der Waals surface area contributed by atoms with Crippen LogP contribution in [0.25, 0.3) is 0 Å². The van der Waals surface area contributed by atoms with Crippen LogP contribution in [0, 0.1) is 0 Å². The molecule has 44 heavy (non-hydrogen) atoms. The number of alkyl halides is 3. The first-order chi connectivity index (χ1) is 20.4. The number of carbonyl (C=O) groups excluding carboxylic acids is 3. The SMILES string of the molecule is COC(=O)C1(N)CCc2ccccc2C1.COC(=O)C1(NC(=O)OC(C)(C)C)CCc2ccccc2C1.O=C(O)C(F)(F)F. The van der Waals surface area contributed by atoms with Crippen LogP contribution < -0.4 is 11.1 Å². The van der Waals surface area contributed by atoms with E-state index in [0.29, 0.717) is 32.1 Å². The number of carboxylic acids is 1. The van der Waals surface area contributed by atoms with Crippen molar-refractivity contribution in [3.63, 3.8) is 0 Å². The zero-order valence-electron chi connectivity index (χ0n) is 25.4. The number of hydrogen-bond acceptors (Lipinski definition) is 8. The molecule has 10 nitrogen and oxygen atoms in total. The largest absolute Gasteiger partial charge is 0.490 e. The molecule has 0 saturated carbocycles. The number of carbonyl (C=O) groups is 4. The Kier molecular flexibility index (Phi) is 11.9. The monoisotopic (exact) mass is 624 g/mol. The number of benzene rings is 2. The van der Waals surface area contributed by atoms with E-state index in [0.717, 1.165) is 17.5 Å². The van der Waals surface area contributed by atoms with Gasteiger partial charge < -0.3 is 30.4 Å². The normalized spacial score (nSPS) is 20.5. The molecule has 2 atom stereocenters. The van der Waals surface area contributed by atoms with Crippen LogP contribution in [0.1, 0.15) is 55.9 Å². The first kappa shape index (κ1) is 36.1. The Morgan fingerprint density at radius 2 is 1.23 bits per heavy atom. The molecule has 0 spiro atoms.